The lowest BCUT2D eigenvalue weighted by Crippen LogP contribution is -2.26. The Morgan fingerprint density at radius 1 is 1.24 bits per heavy atom. The van der Waals surface area contributed by atoms with Gasteiger partial charge in [-0.2, -0.15) is 0 Å². The van der Waals surface area contributed by atoms with E-state index in [4.69, 9.17) is 0 Å². The number of alkyl halides is 3. The highest BCUT2D eigenvalue weighted by Crippen LogP contribution is 2.20. The second kappa shape index (κ2) is 5.59. The Bertz CT molecular complexity index is 676. The van der Waals surface area contributed by atoms with Gasteiger partial charge in [-0.25, -0.2) is 0 Å². The molecule has 0 radical (unpaired) electrons. The molecule has 0 N–H and O–H groups in total. The van der Waals surface area contributed by atoms with Crippen molar-refractivity contribution in [1.82, 2.24) is 9.55 Å². The molecule has 0 aliphatic carbocycles. The first kappa shape index (κ1) is 15.1. The molecular formula is C14H13F3N2O2. The second-order valence-corrected chi connectivity index (χ2v) is 4.69. The highest BCUT2D eigenvalue weighted by atomic mass is 19.4. The van der Waals surface area contributed by atoms with Crippen molar-refractivity contribution in [2.24, 2.45) is 0 Å². The fraction of sp³-hybridized carbons (Fsp3) is 0.286. The van der Waals surface area contributed by atoms with Crippen LogP contribution in [-0.2, 0) is 0 Å². The van der Waals surface area contributed by atoms with Crippen LogP contribution in [0.3, 0.4) is 0 Å². The number of pyridine rings is 2. The zero-order valence-electron chi connectivity index (χ0n) is 11.4. The average molecular weight is 298 g/mol. The summed E-state index contributed by atoms with van der Waals surface area (Å²) < 4.78 is 41.4. The van der Waals surface area contributed by atoms with Gasteiger partial charge >= 0.3 is 6.36 Å². The van der Waals surface area contributed by atoms with E-state index in [0.29, 0.717) is 5.69 Å². The van der Waals surface area contributed by atoms with Gasteiger partial charge in [0.15, 0.2) is 5.75 Å². The van der Waals surface area contributed by atoms with Crippen LogP contribution in [0.5, 0.6) is 5.75 Å². The Morgan fingerprint density at radius 3 is 2.48 bits per heavy atom. The van der Waals surface area contributed by atoms with Crippen molar-refractivity contribution in [3.05, 3.63) is 52.7 Å². The zero-order chi connectivity index (χ0) is 15.6. The SMILES string of the molecule is CC(C)c1ccc(-n2cccc(OC(F)(F)F)c2=O)cn1. The summed E-state index contributed by atoms with van der Waals surface area (Å²) in [5.41, 5.74) is 0.306. The summed E-state index contributed by atoms with van der Waals surface area (Å²) in [4.78, 5) is 16.2. The van der Waals surface area contributed by atoms with E-state index in [9.17, 15) is 18.0 Å². The highest BCUT2D eigenvalue weighted by molar-refractivity contribution is 5.33. The van der Waals surface area contributed by atoms with Crippen molar-refractivity contribution in [2.75, 3.05) is 0 Å². The summed E-state index contributed by atoms with van der Waals surface area (Å²) in [6.45, 7) is 3.93. The molecule has 2 aromatic rings. The molecule has 0 atom stereocenters. The fourth-order valence-electron chi connectivity index (χ4n) is 1.76. The number of halogens is 3. The van der Waals surface area contributed by atoms with Crippen molar-refractivity contribution in [3.63, 3.8) is 0 Å². The van der Waals surface area contributed by atoms with Crippen LogP contribution >= 0.6 is 0 Å². The molecule has 0 spiro atoms. The van der Waals surface area contributed by atoms with Gasteiger partial charge in [0.2, 0.25) is 0 Å². The minimum Gasteiger partial charge on any atom is -0.400 e. The van der Waals surface area contributed by atoms with E-state index in [2.05, 4.69) is 9.72 Å². The monoisotopic (exact) mass is 298 g/mol. The van der Waals surface area contributed by atoms with Gasteiger partial charge in [0.1, 0.15) is 0 Å². The maximum atomic E-state index is 12.2. The van der Waals surface area contributed by atoms with E-state index >= 15 is 0 Å². The van der Waals surface area contributed by atoms with Gasteiger partial charge in [-0.05, 0) is 30.2 Å². The van der Waals surface area contributed by atoms with Crippen LogP contribution in [0.25, 0.3) is 5.69 Å². The van der Waals surface area contributed by atoms with Gasteiger partial charge in [-0.3, -0.25) is 14.3 Å². The molecule has 0 aromatic carbocycles. The van der Waals surface area contributed by atoms with E-state index in [-0.39, 0.29) is 5.92 Å². The zero-order valence-corrected chi connectivity index (χ0v) is 11.4. The highest BCUT2D eigenvalue weighted by Gasteiger charge is 2.32. The Labute approximate surface area is 118 Å². The molecule has 7 heteroatoms. The summed E-state index contributed by atoms with van der Waals surface area (Å²) in [7, 11) is 0. The molecule has 0 fully saturated rings. The summed E-state index contributed by atoms with van der Waals surface area (Å²) in [6.07, 6.45) is -2.11. The van der Waals surface area contributed by atoms with Crippen LogP contribution in [-0.4, -0.2) is 15.9 Å². The normalized spacial score (nSPS) is 11.7. The number of aromatic nitrogens is 2. The van der Waals surface area contributed by atoms with Crippen LogP contribution in [0, 0.1) is 0 Å². The predicted octanol–water partition coefficient (Wildman–Crippen LogP) is 3.25. The van der Waals surface area contributed by atoms with Crippen LogP contribution in [0.1, 0.15) is 25.5 Å². The Kier molecular flexibility index (Phi) is 4.02. The Morgan fingerprint density at radius 2 is 1.95 bits per heavy atom. The maximum Gasteiger partial charge on any atom is 0.573 e. The molecule has 4 nitrogen and oxygen atoms in total. The van der Waals surface area contributed by atoms with E-state index in [1.165, 1.54) is 18.5 Å². The number of ether oxygens (including phenoxy) is 1. The Hall–Kier alpha value is -2.31. The lowest BCUT2D eigenvalue weighted by molar-refractivity contribution is -0.275. The van der Waals surface area contributed by atoms with Crippen molar-refractivity contribution in [1.29, 1.82) is 0 Å². The lowest BCUT2D eigenvalue weighted by atomic mass is 10.1. The van der Waals surface area contributed by atoms with Gasteiger partial charge in [0, 0.05) is 11.9 Å². The second-order valence-electron chi connectivity index (χ2n) is 4.69. The maximum absolute atomic E-state index is 12.2. The molecule has 21 heavy (non-hydrogen) atoms. The molecule has 0 bridgehead atoms. The molecule has 112 valence electrons. The lowest BCUT2D eigenvalue weighted by Gasteiger charge is -2.11. The molecule has 2 rings (SSSR count). The van der Waals surface area contributed by atoms with Gasteiger partial charge in [0.25, 0.3) is 5.56 Å². The summed E-state index contributed by atoms with van der Waals surface area (Å²) in [5.74, 6) is -0.561. The quantitative estimate of drug-likeness (QED) is 0.873. The third-order valence-electron chi connectivity index (χ3n) is 2.78. The van der Waals surface area contributed by atoms with Crippen LogP contribution in [0.4, 0.5) is 13.2 Å². The topological polar surface area (TPSA) is 44.1 Å². The van der Waals surface area contributed by atoms with E-state index < -0.39 is 17.7 Å². The fourth-order valence-corrected chi connectivity index (χ4v) is 1.76. The van der Waals surface area contributed by atoms with Crippen LogP contribution < -0.4 is 10.3 Å². The van der Waals surface area contributed by atoms with Crippen molar-refractivity contribution >= 4 is 0 Å². The van der Waals surface area contributed by atoms with Gasteiger partial charge in [0.05, 0.1) is 11.9 Å². The molecule has 0 aliphatic heterocycles. The molecular weight excluding hydrogens is 285 g/mol. The molecule has 0 aliphatic rings. The summed E-state index contributed by atoms with van der Waals surface area (Å²) >= 11 is 0. The molecule has 0 saturated heterocycles. The standard InChI is InChI=1S/C14H13F3N2O2/c1-9(2)11-6-5-10(8-18-11)19-7-3-4-12(13(19)20)21-14(15,16)17/h3-9H,1-2H3. The molecule has 0 unspecified atom stereocenters. The third-order valence-corrected chi connectivity index (χ3v) is 2.78. The number of nitrogens with zero attached hydrogens (tertiary/aromatic N) is 2. The first-order valence-electron chi connectivity index (χ1n) is 6.21. The number of rotatable bonds is 3. The summed E-state index contributed by atoms with van der Waals surface area (Å²) in [5, 5.41) is 0. The summed E-state index contributed by atoms with van der Waals surface area (Å²) in [6, 6.07) is 5.63. The number of hydrogen-bond donors (Lipinski definition) is 0. The van der Waals surface area contributed by atoms with Gasteiger partial charge in [-0.1, -0.05) is 13.8 Å². The van der Waals surface area contributed by atoms with Gasteiger partial charge < -0.3 is 4.74 Å². The van der Waals surface area contributed by atoms with E-state index in [1.807, 2.05) is 13.8 Å². The molecule has 2 heterocycles. The Balaban J connectivity index is 2.41. The van der Waals surface area contributed by atoms with Crippen molar-refractivity contribution in [2.45, 2.75) is 26.1 Å². The van der Waals surface area contributed by atoms with E-state index in [1.54, 1.807) is 12.1 Å². The van der Waals surface area contributed by atoms with Crippen LogP contribution in [0.15, 0.2) is 41.5 Å². The van der Waals surface area contributed by atoms with Gasteiger partial charge in [-0.15, -0.1) is 13.2 Å². The van der Waals surface area contributed by atoms with Crippen LogP contribution in [0.2, 0.25) is 0 Å². The van der Waals surface area contributed by atoms with E-state index in [0.717, 1.165) is 16.3 Å². The molecule has 2 aromatic heterocycles. The minimum absolute atomic E-state index is 0.218. The predicted molar refractivity (Wildman–Crippen MR) is 70.6 cm³/mol. The average Bonchev–Trinajstić information content (AvgIpc) is 2.40. The smallest absolute Gasteiger partial charge is 0.400 e. The molecule has 0 amide bonds. The first-order valence-corrected chi connectivity index (χ1v) is 6.21. The van der Waals surface area contributed by atoms with Crippen molar-refractivity contribution in [3.8, 4) is 11.4 Å². The molecule has 0 saturated carbocycles. The number of hydrogen-bond acceptors (Lipinski definition) is 3. The first-order chi connectivity index (χ1) is 9.78. The van der Waals surface area contributed by atoms with Crippen molar-refractivity contribution < 1.29 is 17.9 Å². The minimum atomic E-state index is -4.90. The largest absolute Gasteiger partial charge is 0.573 e. The third kappa shape index (κ3) is 3.62.